The zero-order chi connectivity index (χ0) is 13.2. The monoisotopic (exact) mass is 251 g/mol. The molecule has 0 aliphatic rings. The van der Waals surface area contributed by atoms with Crippen LogP contribution in [-0.2, 0) is 0 Å². The third-order valence-electron chi connectivity index (χ3n) is 2.71. The molecule has 0 atom stereocenters. The first-order valence-electron chi connectivity index (χ1n) is 5.78. The maximum absolute atomic E-state index is 13.5. The standard InChI is InChI=1S/C16H10FNO/c17-15-6-2-4-12-10-14(19-16(12)15)8-7-11-3-1-5-13(18)9-11/h1-6,9-10H,18H2. The summed E-state index contributed by atoms with van der Waals surface area (Å²) in [4.78, 5) is 0. The minimum Gasteiger partial charge on any atom is -0.445 e. The molecule has 0 aliphatic carbocycles. The van der Waals surface area contributed by atoms with E-state index in [1.165, 1.54) is 6.07 Å². The highest BCUT2D eigenvalue weighted by Gasteiger charge is 2.05. The van der Waals surface area contributed by atoms with Crippen LogP contribution in [0.4, 0.5) is 10.1 Å². The maximum atomic E-state index is 13.5. The molecule has 2 nitrogen and oxygen atoms in total. The molecule has 3 heteroatoms. The fourth-order valence-electron chi connectivity index (χ4n) is 1.84. The Bertz CT molecular complexity index is 808. The van der Waals surface area contributed by atoms with E-state index in [0.717, 1.165) is 5.56 Å². The molecule has 1 aromatic heterocycles. The molecular weight excluding hydrogens is 241 g/mol. The zero-order valence-electron chi connectivity index (χ0n) is 9.98. The highest BCUT2D eigenvalue weighted by molar-refractivity contribution is 5.79. The van der Waals surface area contributed by atoms with Crippen molar-refractivity contribution in [3.8, 4) is 11.8 Å². The first-order valence-corrected chi connectivity index (χ1v) is 5.78. The summed E-state index contributed by atoms with van der Waals surface area (Å²) in [7, 11) is 0. The van der Waals surface area contributed by atoms with Crippen molar-refractivity contribution in [2.24, 2.45) is 0 Å². The van der Waals surface area contributed by atoms with E-state index in [0.29, 0.717) is 16.8 Å². The second-order valence-electron chi connectivity index (χ2n) is 4.14. The highest BCUT2D eigenvalue weighted by atomic mass is 19.1. The number of para-hydroxylation sites is 1. The van der Waals surface area contributed by atoms with E-state index in [4.69, 9.17) is 10.2 Å². The molecule has 0 radical (unpaired) electrons. The van der Waals surface area contributed by atoms with E-state index in [1.54, 1.807) is 30.3 Å². The minimum atomic E-state index is -0.380. The van der Waals surface area contributed by atoms with Gasteiger partial charge < -0.3 is 10.2 Å². The minimum absolute atomic E-state index is 0.236. The molecule has 2 aromatic carbocycles. The van der Waals surface area contributed by atoms with Crippen molar-refractivity contribution in [3.05, 3.63) is 65.7 Å². The molecule has 0 saturated carbocycles. The Morgan fingerprint density at radius 2 is 1.84 bits per heavy atom. The largest absolute Gasteiger partial charge is 0.445 e. The number of nitrogen functional groups attached to an aromatic ring is 1. The molecule has 92 valence electrons. The third-order valence-corrected chi connectivity index (χ3v) is 2.71. The number of nitrogens with two attached hydrogens (primary N) is 1. The second-order valence-corrected chi connectivity index (χ2v) is 4.14. The molecule has 0 amide bonds. The normalized spacial score (nSPS) is 10.2. The lowest BCUT2D eigenvalue weighted by atomic mass is 10.2. The van der Waals surface area contributed by atoms with Crippen molar-refractivity contribution in [2.75, 3.05) is 5.73 Å². The number of furan rings is 1. The van der Waals surface area contributed by atoms with Gasteiger partial charge in [0, 0.05) is 22.7 Å². The third kappa shape index (κ3) is 2.29. The molecule has 0 aliphatic heterocycles. The average Bonchev–Trinajstić information content (AvgIpc) is 2.81. The van der Waals surface area contributed by atoms with Crippen LogP contribution >= 0.6 is 0 Å². The smallest absolute Gasteiger partial charge is 0.178 e. The van der Waals surface area contributed by atoms with Crippen LogP contribution in [0.1, 0.15) is 11.3 Å². The summed E-state index contributed by atoms with van der Waals surface area (Å²) in [5.41, 5.74) is 7.35. The summed E-state index contributed by atoms with van der Waals surface area (Å²) in [5.74, 6) is 5.85. The summed E-state index contributed by atoms with van der Waals surface area (Å²) in [6.45, 7) is 0. The molecule has 19 heavy (non-hydrogen) atoms. The summed E-state index contributed by atoms with van der Waals surface area (Å²) in [6, 6.07) is 13.8. The number of fused-ring (bicyclic) bond motifs is 1. The van der Waals surface area contributed by atoms with Crippen LogP contribution < -0.4 is 5.73 Å². The van der Waals surface area contributed by atoms with Gasteiger partial charge >= 0.3 is 0 Å². The number of anilines is 1. The fraction of sp³-hybridized carbons (Fsp3) is 0. The van der Waals surface area contributed by atoms with E-state index in [1.807, 2.05) is 12.1 Å². The second kappa shape index (κ2) is 4.51. The molecule has 3 aromatic rings. The van der Waals surface area contributed by atoms with Crippen LogP contribution in [0.2, 0.25) is 0 Å². The van der Waals surface area contributed by atoms with Gasteiger partial charge in [0.1, 0.15) is 0 Å². The van der Waals surface area contributed by atoms with Crippen LogP contribution in [-0.4, -0.2) is 0 Å². The Morgan fingerprint density at radius 1 is 1.00 bits per heavy atom. The quantitative estimate of drug-likeness (QED) is 0.490. The van der Waals surface area contributed by atoms with Crippen molar-refractivity contribution in [2.45, 2.75) is 0 Å². The van der Waals surface area contributed by atoms with Gasteiger partial charge in [0.15, 0.2) is 17.2 Å². The van der Waals surface area contributed by atoms with E-state index in [9.17, 15) is 4.39 Å². The van der Waals surface area contributed by atoms with Gasteiger partial charge in [-0.3, -0.25) is 0 Å². The lowest BCUT2D eigenvalue weighted by Crippen LogP contribution is -1.84. The number of benzene rings is 2. The van der Waals surface area contributed by atoms with Gasteiger partial charge in [-0.1, -0.05) is 24.1 Å². The molecule has 3 rings (SSSR count). The van der Waals surface area contributed by atoms with E-state index >= 15 is 0 Å². The van der Waals surface area contributed by atoms with Crippen molar-refractivity contribution in [3.63, 3.8) is 0 Å². The van der Waals surface area contributed by atoms with Gasteiger partial charge in [-0.15, -0.1) is 0 Å². The van der Waals surface area contributed by atoms with Crippen molar-refractivity contribution >= 4 is 16.7 Å². The first-order chi connectivity index (χ1) is 9.22. The molecule has 1 heterocycles. The van der Waals surface area contributed by atoms with E-state index in [-0.39, 0.29) is 11.4 Å². The Kier molecular flexibility index (Phi) is 2.70. The van der Waals surface area contributed by atoms with Gasteiger partial charge in [-0.2, -0.15) is 0 Å². The van der Waals surface area contributed by atoms with Crippen LogP contribution in [0.3, 0.4) is 0 Å². The molecule has 0 unspecified atom stereocenters. The summed E-state index contributed by atoms with van der Waals surface area (Å²) in [5, 5.41) is 0.705. The summed E-state index contributed by atoms with van der Waals surface area (Å²) in [6.07, 6.45) is 0. The SMILES string of the molecule is Nc1cccc(C#Cc2cc3cccc(F)c3o2)c1. The highest BCUT2D eigenvalue weighted by Crippen LogP contribution is 2.21. The Labute approximate surface area is 109 Å². The topological polar surface area (TPSA) is 39.2 Å². The Morgan fingerprint density at radius 3 is 2.63 bits per heavy atom. The number of halogens is 1. The number of rotatable bonds is 0. The van der Waals surface area contributed by atoms with Crippen LogP contribution in [0.5, 0.6) is 0 Å². The van der Waals surface area contributed by atoms with Gasteiger partial charge in [0.2, 0.25) is 0 Å². The van der Waals surface area contributed by atoms with E-state index < -0.39 is 0 Å². The Hall–Kier alpha value is -2.73. The summed E-state index contributed by atoms with van der Waals surface area (Å²) >= 11 is 0. The zero-order valence-corrected chi connectivity index (χ0v) is 9.98. The lowest BCUT2D eigenvalue weighted by Gasteiger charge is -1.91. The number of hydrogen-bond donors (Lipinski definition) is 1. The van der Waals surface area contributed by atoms with Gasteiger partial charge in [0.05, 0.1) is 0 Å². The van der Waals surface area contributed by atoms with Crippen molar-refractivity contribution in [1.29, 1.82) is 0 Å². The predicted octanol–water partition coefficient (Wildman–Crippen LogP) is 3.55. The molecule has 2 N–H and O–H groups in total. The molecule has 0 bridgehead atoms. The van der Waals surface area contributed by atoms with Gasteiger partial charge in [-0.25, -0.2) is 4.39 Å². The van der Waals surface area contributed by atoms with Crippen LogP contribution in [0.25, 0.3) is 11.0 Å². The van der Waals surface area contributed by atoms with Gasteiger partial charge in [0.25, 0.3) is 0 Å². The fourth-order valence-corrected chi connectivity index (χ4v) is 1.84. The molecular formula is C16H10FNO. The molecule has 0 spiro atoms. The van der Waals surface area contributed by atoms with Gasteiger partial charge in [-0.05, 0) is 30.2 Å². The van der Waals surface area contributed by atoms with E-state index in [2.05, 4.69) is 11.8 Å². The molecule has 0 fully saturated rings. The molecule has 0 saturated heterocycles. The first kappa shape index (κ1) is 11.4. The van der Waals surface area contributed by atoms with Crippen LogP contribution in [0.15, 0.2) is 52.9 Å². The lowest BCUT2D eigenvalue weighted by molar-refractivity contribution is 0.552. The van der Waals surface area contributed by atoms with Crippen molar-refractivity contribution in [1.82, 2.24) is 0 Å². The number of hydrogen-bond acceptors (Lipinski definition) is 2. The van der Waals surface area contributed by atoms with Crippen LogP contribution in [0, 0.1) is 17.7 Å². The maximum Gasteiger partial charge on any atom is 0.178 e. The Balaban J connectivity index is 2.01. The van der Waals surface area contributed by atoms with Crippen molar-refractivity contribution < 1.29 is 8.81 Å². The summed E-state index contributed by atoms with van der Waals surface area (Å²) < 4.78 is 18.8. The average molecular weight is 251 g/mol. The predicted molar refractivity (Wildman–Crippen MR) is 73.0 cm³/mol.